The van der Waals surface area contributed by atoms with Crippen molar-refractivity contribution in [1.82, 2.24) is 19.9 Å². The first kappa shape index (κ1) is 15.6. The van der Waals surface area contributed by atoms with E-state index in [9.17, 15) is 5.11 Å². The SMILES string of the molecule is CC(C)c1nc(N2CCCn3nc(C(O)C4CCC4)cc3C2)no1. The van der Waals surface area contributed by atoms with Crippen LogP contribution in [-0.2, 0) is 13.1 Å². The molecule has 1 atom stereocenters. The van der Waals surface area contributed by atoms with Crippen LogP contribution in [0.5, 0.6) is 0 Å². The van der Waals surface area contributed by atoms with Gasteiger partial charge in [0.25, 0.3) is 5.95 Å². The molecule has 1 aliphatic carbocycles. The van der Waals surface area contributed by atoms with Gasteiger partial charge in [0.1, 0.15) is 6.10 Å². The van der Waals surface area contributed by atoms with Crippen molar-refractivity contribution in [2.75, 3.05) is 11.4 Å². The lowest BCUT2D eigenvalue weighted by Crippen LogP contribution is -2.24. The minimum absolute atomic E-state index is 0.230. The number of hydrogen-bond acceptors (Lipinski definition) is 6. The van der Waals surface area contributed by atoms with Crippen LogP contribution in [0.4, 0.5) is 5.95 Å². The molecule has 0 saturated heterocycles. The zero-order valence-corrected chi connectivity index (χ0v) is 14.4. The number of fused-ring (bicyclic) bond motifs is 1. The summed E-state index contributed by atoms with van der Waals surface area (Å²) < 4.78 is 7.37. The quantitative estimate of drug-likeness (QED) is 0.927. The van der Waals surface area contributed by atoms with Gasteiger partial charge >= 0.3 is 0 Å². The molecule has 2 aromatic rings. The molecule has 24 heavy (non-hydrogen) atoms. The second-order valence-electron chi connectivity index (χ2n) is 7.28. The summed E-state index contributed by atoms with van der Waals surface area (Å²) in [6.45, 7) is 6.52. The van der Waals surface area contributed by atoms with Crippen LogP contribution in [0.15, 0.2) is 10.6 Å². The highest BCUT2D eigenvalue weighted by molar-refractivity contribution is 5.31. The van der Waals surface area contributed by atoms with Gasteiger partial charge in [-0.2, -0.15) is 10.1 Å². The molecule has 0 aromatic carbocycles. The van der Waals surface area contributed by atoms with Crippen LogP contribution in [0.1, 0.15) is 68.8 Å². The van der Waals surface area contributed by atoms with Gasteiger partial charge in [-0.25, -0.2) is 0 Å². The number of aliphatic hydroxyl groups is 1. The molecule has 1 N–H and O–H groups in total. The van der Waals surface area contributed by atoms with Crippen LogP contribution in [-0.4, -0.2) is 31.6 Å². The van der Waals surface area contributed by atoms with Crippen molar-refractivity contribution in [1.29, 1.82) is 0 Å². The van der Waals surface area contributed by atoms with Crippen molar-refractivity contribution in [3.63, 3.8) is 0 Å². The molecule has 0 spiro atoms. The summed E-state index contributed by atoms with van der Waals surface area (Å²) in [7, 11) is 0. The average Bonchev–Trinajstić information content (AvgIpc) is 3.09. The Labute approximate surface area is 141 Å². The number of rotatable bonds is 4. The van der Waals surface area contributed by atoms with Crippen molar-refractivity contribution in [3.8, 4) is 0 Å². The molecule has 7 heteroatoms. The van der Waals surface area contributed by atoms with E-state index in [0.29, 0.717) is 24.3 Å². The lowest BCUT2D eigenvalue weighted by atomic mass is 9.80. The Kier molecular flexibility index (Phi) is 4.04. The van der Waals surface area contributed by atoms with E-state index >= 15 is 0 Å². The van der Waals surface area contributed by atoms with Gasteiger partial charge in [0, 0.05) is 19.0 Å². The summed E-state index contributed by atoms with van der Waals surface area (Å²) in [5, 5.41) is 19.3. The molecule has 2 aromatic heterocycles. The molecule has 1 saturated carbocycles. The lowest BCUT2D eigenvalue weighted by Gasteiger charge is -2.29. The van der Waals surface area contributed by atoms with Gasteiger partial charge in [-0.1, -0.05) is 20.3 Å². The number of anilines is 1. The van der Waals surface area contributed by atoms with Crippen molar-refractivity contribution >= 4 is 5.95 Å². The van der Waals surface area contributed by atoms with Crippen molar-refractivity contribution in [2.45, 2.75) is 64.6 Å². The van der Waals surface area contributed by atoms with Crippen LogP contribution in [0.2, 0.25) is 0 Å². The van der Waals surface area contributed by atoms with E-state index < -0.39 is 6.10 Å². The third kappa shape index (κ3) is 2.81. The molecular weight excluding hydrogens is 306 g/mol. The fourth-order valence-corrected chi connectivity index (χ4v) is 3.39. The predicted octanol–water partition coefficient (Wildman–Crippen LogP) is 2.63. The third-order valence-corrected chi connectivity index (χ3v) is 5.14. The number of hydrogen-bond donors (Lipinski definition) is 1. The van der Waals surface area contributed by atoms with E-state index in [-0.39, 0.29) is 5.92 Å². The number of aryl methyl sites for hydroxylation is 1. The van der Waals surface area contributed by atoms with Gasteiger partial charge in [-0.05, 0) is 36.4 Å². The van der Waals surface area contributed by atoms with Crippen LogP contribution >= 0.6 is 0 Å². The van der Waals surface area contributed by atoms with Crippen LogP contribution in [0.25, 0.3) is 0 Å². The lowest BCUT2D eigenvalue weighted by molar-refractivity contribution is 0.0581. The molecule has 0 bridgehead atoms. The molecule has 2 aliphatic rings. The standard InChI is InChI=1S/C17H25N5O2/c1-11(2)16-18-17(20-24-16)21-7-4-8-22-13(10-21)9-14(19-22)15(23)12-5-3-6-12/h9,11-12,15,23H,3-8,10H2,1-2H3. The Morgan fingerprint density at radius 2 is 2.08 bits per heavy atom. The monoisotopic (exact) mass is 331 g/mol. The van der Waals surface area contributed by atoms with E-state index in [2.05, 4.69) is 20.1 Å². The number of aliphatic hydroxyl groups excluding tert-OH is 1. The average molecular weight is 331 g/mol. The highest BCUT2D eigenvalue weighted by Gasteiger charge is 2.30. The molecule has 1 fully saturated rings. The summed E-state index contributed by atoms with van der Waals surface area (Å²) in [5.74, 6) is 1.93. The molecule has 0 radical (unpaired) electrons. The molecule has 1 unspecified atom stereocenters. The minimum atomic E-state index is -0.427. The summed E-state index contributed by atoms with van der Waals surface area (Å²) in [4.78, 5) is 6.64. The second-order valence-corrected chi connectivity index (χ2v) is 7.28. The van der Waals surface area contributed by atoms with Crippen molar-refractivity contribution < 1.29 is 9.63 Å². The first-order valence-electron chi connectivity index (χ1n) is 8.95. The molecule has 130 valence electrons. The van der Waals surface area contributed by atoms with E-state index in [1.165, 1.54) is 6.42 Å². The maximum absolute atomic E-state index is 10.5. The Balaban J connectivity index is 1.54. The Hall–Kier alpha value is -1.89. The Bertz CT molecular complexity index is 704. The van der Waals surface area contributed by atoms with Gasteiger partial charge in [-0.15, -0.1) is 0 Å². The largest absolute Gasteiger partial charge is 0.386 e. The summed E-state index contributed by atoms with van der Waals surface area (Å²) in [5.41, 5.74) is 1.92. The fraction of sp³-hybridized carbons (Fsp3) is 0.706. The molecule has 0 amide bonds. The first-order chi connectivity index (χ1) is 11.6. The van der Waals surface area contributed by atoms with Gasteiger partial charge in [0.2, 0.25) is 5.89 Å². The van der Waals surface area contributed by atoms with E-state index in [0.717, 1.165) is 43.7 Å². The summed E-state index contributed by atoms with van der Waals surface area (Å²) in [6.07, 6.45) is 3.98. The Morgan fingerprint density at radius 1 is 1.25 bits per heavy atom. The highest BCUT2D eigenvalue weighted by atomic mass is 16.5. The van der Waals surface area contributed by atoms with E-state index in [1.54, 1.807) is 0 Å². The van der Waals surface area contributed by atoms with Gasteiger partial charge < -0.3 is 14.5 Å². The number of nitrogens with zero attached hydrogens (tertiary/aromatic N) is 5. The van der Waals surface area contributed by atoms with Crippen LogP contribution in [0.3, 0.4) is 0 Å². The zero-order chi connectivity index (χ0) is 16.7. The molecular formula is C17H25N5O2. The maximum Gasteiger partial charge on any atom is 0.266 e. The van der Waals surface area contributed by atoms with Crippen molar-refractivity contribution in [2.24, 2.45) is 5.92 Å². The van der Waals surface area contributed by atoms with E-state index in [4.69, 9.17) is 4.52 Å². The molecule has 3 heterocycles. The zero-order valence-electron chi connectivity index (χ0n) is 14.4. The third-order valence-electron chi connectivity index (χ3n) is 5.14. The van der Waals surface area contributed by atoms with Gasteiger partial charge in [0.05, 0.1) is 17.9 Å². The second kappa shape index (κ2) is 6.20. The Morgan fingerprint density at radius 3 is 2.75 bits per heavy atom. The van der Waals surface area contributed by atoms with E-state index in [1.807, 2.05) is 24.6 Å². The highest BCUT2D eigenvalue weighted by Crippen LogP contribution is 2.37. The smallest absolute Gasteiger partial charge is 0.266 e. The maximum atomic E-state index is 10.5. The summed E-state index contributed by atoms with van der Waals surface area (Å²) >= 11 is 0. The molecule has 4 rings (SSSR count). The first-order valence-corrected chi connectivity index (χ1v) is 8.95. The fourth-order valence-electron chi connectivity index (χ4n) is 3.39. The normalized spacial score (nSPS) is 19.9. The minimum Gasteiger partial charge on any atom is -0.386 e. The molecule has 7 nitrogen and oxygen atoms in total. The number of aromatic nitrogens is 4. The van der Waals surface area contributed by atoms with Crippen molar-refractivity contribution in [3.05, 3.63) is 23.3 Å². The van der Waals surface area contributed by atoms with Crippen LogP contribution < -0.4 is 4.90 Å². The van der Waals surface area contributed by atoms with Gasteiger partial charge in [-0.3, -0.25) is 4.68 Å². The predicted molar refractivity (Wildman–Crippen MR) is 88.6 cm³/mol. The van der Waals surface area contributed by atoms with Crippen LogP contribution in [0, 0.1) is 5.92 Å². The van der Waals surface area contributed by atoms with Gasteiger partial charge in [0.15, 0.2) is 0 Å². The topological polar surface area (TPSA) is 80.2 Å². The summed E-state index contributed by atoms with van der Waals surface area (Å²) in [6, 6.07) is 2.05. The molecule has 1 aliphatic heterocycles.